The Labute approximate surface area is 111 Å². The van der Waals surface area contributed by atoms with Crippen LogP contribution in [0.15, 0.2) is 18.2 Å². The maximum absolute atomic E-state index is 13.1. The summed E-state index contributed by atoms with van der Waals surface area (Å²) in [6.07, 6.45) is -4.76. The number of nitrogens with one attached hydrogen (secondary N) is 2. The predicted octanol–water partition coefficient (Wildman–Crippen LogP) is 2.91. The number of hydrogen-bond donors (Lipinski definition) is 2. The van der Waals surface area contributed by atoms with Crippen molar-refractivity contribution in [3.05, 3.63) is 35.1 Å². The summed E-state index contributed by atoms with van der Waals surface area (Å²) in [5, 5.41) is 9.80. The third-order valence-corrected chi connectivity index (χ3v) is 3.04. The summed E-state index contributed by atoms with van der Waals surface area (Å²) in [5.41, 5.74) is -1.49. The third kappa shape index (κ3) is 2.33. The Morgan fingerprint density at radius 3 is 2.60 bits per heavy atom. The quantitative estimate of drug-likeness (QED) is 0.808. The van der Waals surface area contributed by atoms with E-state index in [1.165, 1.54) is 0 Å². The molecule has 108 valence electrons. The van der Waals surface area contributed by atoms with E-state index < -0.39 is 29.6 Å². The van der Waals surface area contributed by atoms with E-state index in [0.29, 0.717) is 6.07 Å². The first-order chi connectivity index (χ1) is 9.25. The predicted molar refractivity (Wildman–Crippen MR) is 62.8 cm³/mol. The van der Waals surface area contributed by atoms with Gasteiger partial charge in [0.2, 0.25) is 0 Å². The summed E-state index contributed by atoms with van der Waals surface area (Å²) in [5.74, 6) is -1.37. The molecule has 1 saturated heterocycles. The van der Waals surface area contributed by atoms with Crippen LogP contribution in [-0.2, 0) is 6.18 Å². The van der Waals surface area contributed by atoms with E-state index in [2.05, 4.69) is 5.32 Å². The number of alkyl halides is 3. The fourth-order valence-corrected chi connectivity index (χ4v) is 2.19. The minimum absolute atomic E-state index is 0.132. The summed E-state index contributed by atoms with van der Waals surface area (Å²) >= 11 is 0. The van der Waals surface area contributed by atoms with Crippen LogP contribution in [0.25, 0.3) is 0 Å². The van der Waals surface area contributed by atoms with Gasteiger partial charge in [-0.2, -0.15) is 13.2 Å². The van der Waals surface area contributed by atoms with E-state index in [9.17, 15) is 22.4 Å². The van der Waals surface area contributed by atoms with Crippen LogP contribution in [0.2, 0.25) is 0 Å². The van der Waals surface area contributed by atoms with E-state index in [-0.39, 0.29) is 17.9 Å². The lowest BCUT2D eigenvalue weighted by molar-refractivity contribution is -0.138. The number of amides is 2. The van der Waals surface area contributed by atoms with Gasteiger partial charge in [0, 0.05) is 6.54 Å². The second-order valence-electron chi connectivity index (χ2n) is 4.26. The van der Waals surface area contributed by atoms with Gasteiger partial charge in [-0.1, -0.05) is 6.07 Å². The zero-order valence-corrected chi connectivity index (χ0v) is 10.4. The molecule has 2 N–H and O–H groups in total. The van der Waals surface area contributed by atoms with Crippen molar-refractivity contribution in [1.29, 1.82) is 5.41 Å². The van der Waals surface area contributed by atoms with Crippen molar-refractivity contribution in [3.8, 4) is 0 Å². The van der Waals surface area contributed by atoms with Crippen LogP contribution in [0.5, 0.6) is 0 Å². The first kappa shape index (κ1) is 14.3. The molecule has 8 heteroatoms. The van der Waals surface area contributed by atoms with Crippen molar-refractivity contribution < 1.29 is 22.4 Å². The number of halogens is 4. The van der Waals surface area contributed by atoms with Crippen LogP contribution >= 0.6 is 0 Å². The topological polar surface area (TPSA) is 56.2 Å². The first-order valence-corrected chi connectivity index (χ1v) is 5.78. The second-order valence-corrected chi connectivity index (χ2v) is 4.26. The Kier molecular flexibility index (Phi) is 3.41. The Morgan fingerprint density at radius 2 is 2.05 bits per heavy atom. The van der Waals surface area contributed by atoms with Crippen molar-refractivity contribution in [2.45, 2.75) is 19.1 Å². The fourth-order valence-electron chi connectivity index (χ4n) is 2.19. The molecule has 0 spiro atoms. The van der Waals surface area contributed by atoms with Crippen molar-refractivity contribution in [1.82, 2.24) is 10.2 Å². The van der Waals surface area contributed by atoms with Crippen molar-refractivity contribution in [2.75, 3.05) is 6.54 Å². The molecule has 1 aliphatic heterocycles. The molecule has 0 aliphatic carbocycles. The van der Waals surface area contributed by atoms with Crippen LogP contribution in [0.4, 0.5) is 22.4 Å². The van der Waals surface area contributed by atoms with Crippen molar-refractivity contribution >= 4 is 11.9 Å². The molecule has 0 saturated carbocycles. The summed E-state index contributed by atoms with van der Waals surface area (Å²) < 4.78 is 52.0. The molecule has 1 heterocycles. The molecule has 0 radical (unpaired) electrons. The highest BCUT2D eigenvalue weighted by Crippen LogP contribution is 2.38. The molecule has 20 heavy (non-hydrogen) atoms. The lowest BCUT2D eigenvalue weighted by atomic mass is 9.98. The number of likely N-dealkylation sites (N-methyl/N-ethyl adjacent to an activating group) is 1. The maximum Gasteiger partial charge on any atom is 0.416 e. The lowest BCUT2D eigenvalue weighted by Crippen LogP contribution is -2.30. The Morgan fingerprint density at radius 1 is 1.40 bits per heavy atom. The van der Waals surface area contributed by atoms with Gasteiger partial charge in [-0.05, 0) is 24.6 Å². The number of carbonyl (C=O) groups excluding carboxylic acids is 1. The Hall–Kier alpha value is -2.12. The monoisotopic (exact) mass is 289 g/mol. The summed E-state index contributed by atoms with van der Waals surface area (Å²) in [6.45, 7) is 1.72. The molecular formula is C12H11F4N3O. The standard InChI is InChI=1S/C12H11F4N3O/c1-2-19-9(10(17)18-11(19)20)7-4-3-6(13)5-8(7)12(14,15)16/h3-5,9H,2H2,1H3,(H2,17,18,20). The number of amidine groups is 1. The maximum atomic E-state index is 13.1. The molecular weight excluding hydrogens is 278 g/mol. The van der Waals surface area contributed by atoms with Gasteiger partial charge in [0.15, 0.2) is 0 Å². The van der Waals surface area contributed by atoms with Gasteiger partial charge in [0.1, 0.15) is 17.7 Å². The Balaban J connectivity index is 2.57. The molecule has 1 fully saturated rings. The molecule has 1 unspecified atom stereocenters. The summed E-state index contributed by atoms with van der Waals surface area (Å²) in [6, 6.07) is 0.401. The van der Waals surface area contributed by atoms with Crippen LogP contribution in [-0.4, -0.2) is 23.3 Å². The molecule has 4 nitrogen and oxygen atoms in total. The Bertz CT molecular complexity index is 570. The summed E-state index contributed by atoms with van der Waals surface area (Å²) in [4.78, 5) is 12.6. The number of urea groups is 1. The molecule has 0 aromatic heterocycles. The number of hydrogen-bond acceptors (Lipinski definition) is 2. The van der Waals surface area contributed by atoms with E-state index in [1.807, 2.05) is 0 Å². The largest absolute Gasteiger partial charge is 0.416 e. The highest BCUT2D eigenvalue weighted by molar-refractivity contribution is 6.06. The first-order valence-electron chi connectivity index (χ1n) is 5.78. The lowest BCUT2D eigenvalue weighted by Gasteiger charge is -2.24. The van der Waals surface area contributed by atoms with Crippen LogP contribution in [0, 0.1) is 11.2 Å². The normalized spacial score (nSPS) is 19.4. The van der Waals surface area contributed by atoms with Gasteiger partial charge in [-0.25, -0.2) is 9.18 Å². The molecule has 0 bridgehead atoms. The minimum Gasteiger partial charge on any atom is -0.310 e. The van der Waals surface area contributed by atoms with E-state index in [4.69, 9.17) is 5.41 Å². The summed E-state index contributed by atoms with van der Waals surface area (Å²) in [7, 11) is 0. The zero-order chi connectivity index (χ0) is 15.1. The van der Waals surface area contributed by atoms with Gasteiger partial charge in [-0.15, -0.1) is 0 Å². The number of benzene rings is 1. The number of rotatable bonds is 2. The fraction of sp³-hybridized carbons (Fsp3) is 0.333. The van der Waals surface area contributed by atoms with E-state index in [0.717, 1.165) is 17.0 Å². The van der Waals surface area contributed by atoms with Gasteiger partial charge < -0.3 is 4.90 Å². The van der Waals surface area contributed by atoms with E-state index >= 15 is 0 Å². The van der Waals surface area contributed by atoms with Crippen molar-refractivity contribution in [2.24, 2.45) is 0 Å². The minimum atomic E-state index is -4.76. The van der Waals surface area contributed by atoms with Gasteiger partial charge in [0.25, 0.3) is 0 Å². The molecule has 1 aromatic carbocycles. The molecule has 1 aromatic rings. The average molecular weight is 289 g/mol. The van der Waals surface area contributed by atoms with E-state index in [1.54, 1.807) is 6.92 Å². The van der Waals surface area contributed by atoms with Crippen LogP contribution in [0.1, 0.15) is 24.1 Å². The van der Waals surface area contributed by atoms with Gasteiger partial charge in [0.05, 0.1) is 5.56 Å². The SMILES string of the molecule is CCN1C(=O)NC(=N)C1c1ccc(F)cc1C(F)(F)F. The van der Waals surface area contributed by atoms with Crippen molar-refractivity contribution in [3.63, 3.8) is 0 Å². The smallest absolute Gasteiger partial charge is 0.310 e. The molecule has 1 aliphatic rings. The zero-order valence-electron chi connectivity index (χ0n) is 10.4. The highest BCUT2D eigenvalue weighted by atomic mass is 19.4. The molecule has 1 atom stereocenters. The van der Waals surface area contributed by atoms with Crippen LogP contribution in [0.3, 0.4) is 0 Å². The molecule has 2 amide bonds. The number of nitrogens with zero attached hydrogens (tertiary/aromatic N) is 1. The second kappa shape index (κ2) is 4.77. The third-order valence-electron chi connectivity index (χ3n) is 3.04. The van der Waals surface area contributed by atoms with Gasteiger partial charge >= 0.3 is 12.2 Å². The van der Waals surface area contributed by atoms with Gasteiger partial charge in [-0.3, -0.25) is 10.7 Å². The average Bonchev–Trinajstić information content (AvgIpc) is 2.62. The number of carbonyl (C=O) groups is 1. The molecule has 2 rings (SSSR count). The highest BCUT2D eigenvalue weighted by Gasteiger charge is 2.42. The van der Waals surface area contributed by atoms with Crippen LogP contribution < -0.4 is 5.32 Å².